The average Bonchev–Trinajstić information content (AvgIpc) is 3.13. The molecule has 0 N–H and O–H groups in total. The second kappa shape index (κ2) is 12.0. The van der Waals surface area contributed by atoms with Crippen molar-refractivity contribution in [1.29, 1.82) is 0 Å². The number of hydrogen-bond donors (Lipinski definition) is 0. The Morgan fingerprint density at radius 3 is 2.50 bits per heavy atom. The number of hydrogen-bond acceptors (Lipinski definition) is 6. The molecular formula is C26H26Cl2N2O5S. The Hall–Kier alpha value is -2.68. The van der Waals surface area contributed by atoms with Crippen molar-refractivity contribution in [2.75, 3.05) is 26.2 Å². The molecule has 10 heteroatoms. The number of ether oxygens (including phenoxy) is 2. The molecule has 2 aliphatic rings. The number of carbonyl (C=O) groups excluding carboxylic acids is 3. The van der Waals surface area contributed by atoms with Gasteiger partial charge in [-0.25, -0.2) is 0 Å². The van der Waals surface area contributed by atoms with Crippen molar-refractivity contribution in [3.63, 3.8) is 0 Å². The number of benzene rings is 2. The van der Waals surface area contributed by atoms with E-state index in [4.69, 9.17) is 32.7 Å². The molecule has 3 amide bonds. The van der Waals surface area contributed by atoms with Crippen LogP contribution < -0.4 is 9.47 Å². The van der Waals surface area contributed by atoms with E-state index in [0.29, 0.717) is 46.8 Å². The molecule has 0 bridgehead atoms. The fourth-order valence-corrected chi connectivity index (χ4v) is 5.12. The molecule has 36 heavy (non-hydrogen) atoms. The van der Waals surface area contributed by atoms with E-state index in [2.05, 4.69) is 0 Å². The molecule has 2 fully saturated rings. The summed E-state index contributed by atoms with van der Waals surface area (Å²) < 4.78 is 11.7. The minimum absolute atomic E-state index is 0.194. The lowest BCUT2D eigenvalue weighted by Gasteiger charge is -2.27. The number of thioether (sulfide) groups is 1. The minimum Gasteiger partial charge on any atom is -0.490 e. The van der Waals surface area contributed by atoms with Crippen LogP contribution in [0.5, 0.6) is 11.5 Å². The van der Waals surface area contributed by atoms with Gasteiger partial charge in [0.2, 0.25) is 5.91 Å². The van der Waals surface area contributed by atoms with Crippen LogP contribution in [-0.2, 0) is 16.2 Å². The van der Waals surface area contributed by atoms with Gasteiger partial charge in [0.1, 0.15) is 13.2 Å². The number of amides is 3. The summed E-state index contributed by atoms with van der Waals surface area (Å²) in [4.78, 5) is 41.0. The Morgan fingerprint density at radius 2 is 1.78 bits per heavy atom. The number of likely N-dealkylation sites (tertiary alicyclic amines) is 1. The molecular weight excluding hydrogens is 523 g/mol. The molecule has 0 saturated carbocycles. The first-order chi connectivity index (χ1) is 17.4. The molecule has 0 aliphatic carbocycles. The van der Waals surface area contributed by atoms with Gasteiger partial charge in [-0.05, 0) is 79.4 Å². The van der Waals surface area contributed by atoms with Crippen LogP contribution in [0, 0.1) is 0 Å². The van der Waals surface area contributed by atoms with E-state index in [-0.39, 0.29) is 24.0 Å². The summed E-state index contributed by atoms with van der Waals surface area (Å²) in [6.45, 7) is 3.66. The topological polar surface area (TPSA) is 76.2 Å². The molecule has 0 atom stereocenters. The van der Waals surface area contributed by atoms with E-state index in [1.165, 1.54) is 0 Å². The summed E-state index contributed by atoms with van der Waals surface area (Å²) in [5.74, 6) is 0.375. The molecule has 7 nitrogen and oxygen atoms in total. The van der Waals surface area contributed by atoms with Gasteiger partial charge in [-0.2, -0.15) is 0 Å². The molecule has 2 saturated heterocycles. The van der Waals surface area contributed by atoms with E-state index in [1.807, 2.05) is 13.0 Å². The van der Waals surface area contributed by atoms with Gasteiger partial charge in [0.05, 0.1) is 21.6 Å². The first-order valence-corrected chi connectivity index (χ1v) is 13.3. The second-order valence-corrected chi connectivity index (χ2v) is 10.2. The summed E-state index contributed by atoms with van der Waals surface area (Å²) >= 11 is 12.9. The Balaban J connectivity index is 1.46. The second-order valence-electron chi connectivity index (χ2n) is 8.39. The summed E-state index contributed by atoms with van der Waals surface area (Å²) in [5, 5.41) is 0.480. The fourth-order valence-electron chi connectivity index (χ4n) is 3.96. The van der Waals surface area contributed by atoms with Gasteiger partial charge in [-0.15, -0.1) is 0 Å². The third kappa shape index (κ3) is 6.35. The van der Waals surface area contributed by atoms with Gasteiger partial charge >= 0.3 is 0 Å². The number of carbonyl (C=O) groups is 3. The predicted molar refractivity (Wildman–Crippen MR) is 142 cm³/mol. The number of nitrogens with zero attached hydrogens (tertiary/aromatic N) is 2. The van der Waals surface area contributed by atoms with Crippen molar-refractivity contribution < 1.29 is 23.9 Å². The number of halogens is 2. The third-order valence-electron chi connectivity index (χ3n) is 5.82. The largest absolute Gasteiger partial charge is 0.490 e. The Kier molecular flexibility index (Phi) is 8.82. The highest BCUT2D eigenvalue weighted by Crippen LogP contribution is 2.35. The van der Waals surface area contributed by atoms with Crippen molar-refractivity contribution in [3.8, 4) is 11.5 Å². The maximum absolute atomic E-state index is 12.9. The Bertz CT molecular complexity index is 1200. The van der Waals surface area contributed by atoms with Crippen molar-refractivity contribution in [1.82, 2.24) is 9.80 Å². The van der Waals surface area contributed by atoms with E-state index in [0.717, 1.165) is 41.5 Å². The number of piperidine rings is 1. The van der Waals surface area contributed by atoms with Crippen LogP contribution >= 0.6 is 35.0 Å². The standard InChI is InChI=1S/C26H26Cl2N2O5S/c1-2-34-22-13-17(7-9-21(22)35-16-18-6-8-19(27)20(28)12-18)14-23-25(32)30(26(33)36-23)15-24(31)29-10-4-3-5-11-29/h6-9,12-14H,2-5,10-11,15-16H2,1H3/b23-14+. The van der Waals surface area contributed by atoms with Crippen LogP contribution in [0.3, 0.4) is 0 Å². The molecule has 2 aromatic carbocycles. The minimum atomic E-state index is -0.465. The summed E-state index contributed by atoms with van der Waals surface area (Å²) in [5.41, 5.74) is 1.52. The van der Waals surface area contributed by atoms with Crippen LogP contribution in [0.25, 0.3) is 6.08 Å². The molecule has 0 spiro atoms. The van der Waals surface area contributed by atoms with Crippen molar-refractivity contribution in [2.24, 2.45) is 0 Å². The van der Waals surface area contributed by atoms with Crippen molar-refractivity contribution in [2.45, 2.75) is 32.8 Å². The van der Waals surface area contributed by atoms with Gasteiger partial charge in [0.25, 0.3) is 11.1 Å². The van der Waals surface area contributed by atoms with Crippen molar-refractivity contribution in [3.05, 3.63) is 62.5 Å². The predicted octanol–water partition coefficient (Wildman–Crippen LogP) is 6.02. The van der Waals surface area contributed by atoms with Crippen LogP contribution in [0.1, 0.15) is 37.3 Å². The average molecular weight is 549 g/mol. The highest BCUT2D eigenvalue weighted by Gasteiger charge is 2.37. The Morgan fingerprint density at radius 1 is 1.00 bits per heavy atom. The van der Waals surface area contributed by atoms with Gasteiger partial charge in [0.15, 0.2) is 11.5 Å². The molecule has 4 rings (SSSR count). The fraction of sp³-hybridized carbons (Fsp3) is 0.346. The highest BCUT2D eigenvalue weighted by atomic mass is 35.5. The summed E-state index contributed by atoms with van der Waals surface area (Å²) in [6, 6.07) is 10.6. The number of rotatable bonds is 8. The number of imide groups is 1. The molecule has 2 aliphatic heterocycles. The molecule has 2 aromatic rings. The molecule has 0 unspecified atom stereocenters. The normalized spacial score (nSPS) is 17.1. The van der Waals surface area contributed by atoms with Gasteiger partial charge in [0, 0.05) is 13.1 Å². The van der Waals surface area contributed by atoms with Gasteiger partial charge in [-0.3, -0.25) is 19.3 Å². The maximum Gasteiger partial charge on any atom is 0.294 e. The molecule has 0 radical (unpaired) electrons. The highest BCUT2D eigenvalue weighted by molar-refractivity contribution is 8.18. The van der Waals surface area contributed by atoms with Crippen LogP contribution in [0.15, 0.2) is 41.3 Å². The zero-order valence-corrected chi connectivity index (χ0v) is 22.1. The lowest BCUT2D eigenvalue weighted by Crippen LogP contribution is -2.44. The van der Waals surface area contributed by atoms with Crippen LogP contribution in [0.2, 0.25) is 10.0 Å². The van der Waals surface area contributed by atoms with E-state index >= 15 is 0 Å². The van der Waals surface area contributed by atoms with E-state index in [9.17, 15) is 14.4 Å². The Labute approximate surface area is 224 Å². The van der Waals surface area contributed by atoms with E-state index in [1.54, 1.807) is 41.3 Å². The zero-order valence-electron chi connectivity index (χ0n) is 19.8. The van der Waals surface area contributed by atoms with E-state index < -0.39 is 11.1 Å². The SMILES string of the molecule is CCOc1cc(/C=C2/SC(=O)N(CC(=O)N3CCCCC3)C2=O)ccc1OCc1ccc(Cl)c(Cl)c1. The quantitative estimate of drug-likeness (QED) is 0.375. The van der Waals surface area contributed by atoms with Gasteiger partial charge < -0.3 is 14.4 Å². The molecule has 2 heterocycles. The summed E-state index contributed by atoms with van der Waals surface area (Å²) in [6.07, 6.45) is 4.62. The lowest BCUT2D eigenvalue weighted by atomic mass is 10.1. The first kappa shape index (κ1) is 26.4. The monoisotopic (exact) mass is 548 g/mol. The van der Waals surface area contributed by atoms with Gasteiger partial charge in [-0.1, -0.05) is 35.3 Å². The first-order valence-electron chi connectivity index (χ1n) is 11.7. The van der Waals surface area contributed by atoms with Crippen LogP contribution in [0.4, 0.5) is 4.79 Å². The molecule has 0 aromatic heterocycles. The maximum atomic E-state index is 12.9. The smallest absolute Gasteiger partial charge is 0.294 e. The lowest BCUT2D eigenvalue weighted by molar-refractivity contribution is -0.136. The third-order valence-corrected chi connectivity index (χ3v) is 7.47. The van der Waals surface area contributed by atoms with Crippen LogP contribution in [-0.4, -0.2) is 53.1 Å². The van der Waals surface area contributed by atoms with Crippen molar-refractivity contribution >= 4 is 58.1 Å². The molecule has 190 valence electrons. The summed E-state index contributed by atoms with van der Waals surface area (Å²) in [7, 11) is 0. The zero-order chi connectivity index (χ0) is 25.7.